The second kappa shape index (κ2) is 14.8. The van der Waals surface area contributed by atoms with E-state index in [9.17, 15) is 41.0 Å². The van der Waals surface area contributed by atoms with Crippen LogP contribution < -0.4 is 19.5 Å². The van der Waals surface area contributed by atoms with Gasteiger partial charge in [0.05, 0.1) is 6.61 Å². The lowest BCUT2D eigenvalue weighted by Crippen LogP contribution is -2.54. The van der Waals surface area contributed by atoms with Crippen molar-refractivity contribution in [2.45, 2.75) is 108 Å². The predicted molar refractivity (Wildman–Crippen MR) is 164 cm³/mol. The number of alkyl halides is 6. The molecule has 2 aromatic rings. The van der Waals surface area contributed by atoms with E-state index in [2.05, 4.69) is 5.32 Å². The minimum absolute atomic E-state index is 0.0944. The summed E-state index contributed by atoms with van der Waals surface area (Å²) in [7, 11) is 0. The first-order valence-electron chi connectivity index (χ1n) is 16.3. The van der Waals surface area contributed by atoms with Crippen LogP contribution in [0.5, 0.6) is 17.2 Å². The lowest BCUT2D eigenvalue weighted by Gasteiger charge is -2.33. The van der Waals surface area contributed by atoms with Gasteiger partial charge in [-0.25, -0.2) is 4.79 Å². The van der Waals surface area contributed by atoms with E-state index in [1.807, 2.05) is 0 Å². The van der Waals surface area contributed by atoms with Gasteiger partial charge in [0.15, 0.2) is 11.5 Å². The molecular weight excluding hydrogens is 646 g/mol. The number of hydrogen-bond donors (Lipinski definition) is 2. The Morgan fingerprint density at radius 2 is 1.42 bits per heavy atom. The Bertz CT molecular complexity index is 1420. The number of nitrogens with one attached hydrogen (secondary N) is 1. The maximum Gasteiger partial charge on any atom is 0.430 e. The molecule has 2 heterocycles. The summed E-state index contributed by atoms with van der Waals surface area (Å²) in [5.41, 5.74) is -6.49. The van der Waals surface area contributed by atoms with Crippen molar-refractivity contribution in [3.05, 3.63) is 52.6 Å². The van der Waals surface area contributed by atoms with Gasteiger partial charge in [-0.05, 0) is 73.6 Å². The number of hydrogen-bond acceptors (Lipinski definition) is 6. The van der Waals surface area contributed by atoms with Gasteiger partial charge in [0.1, 0.15) is 11.3 Å². The number of amides is 3. The number of imide groups is 1. The standard InChI is InChI=1S/C34H42F6N2O6/c1-4-12-22-18-25(32(45,33(35,36)37)34(38,39)40)19-23(13-5-2)28(22)46-17-11-9-7-6-8-10-16-42-29(43)31(3,41-30(42)44)24-14-15-26-27(20-24)48-21-47-26/h14-15,18-20,45H,4-13,16-17,21H2,1-3H3,(H,41,44). The fraction of sp³-hybridized carbons (Fsp3) is 0.588. The van der Waals surface area contributed by atoms with Crippen molar-refractivity contribution in [3.63, 3.8) is 0 Å². The van der Waals surface area contributed by atoms with E-state index in [-0.39, 0.29) is 55.6 Å². The van der Waals surface area contributed by atoms with Gasteiger partial charge in [-0.15, -0.1) is 0 Å². The lowest BCUT2D eigenvalue weighted by molar-refractivity contribution is -0.376. The lowest BCUT2D eigenvalue weighted by atomic mass is 9.87. The van der Waals surface area contributed by atoms with Crippen LogP contribution in [0.1, 0.15) is 94.4 Å². The van der Waals surface area contributed by atoms with Gasteiger partial charge < -0.3 is 24.6 Å². The maximum absolute atomic E-state index is 13.6. The normalized spacial score (nSPS) is 18.1. The summed E-state index contributed by atoms with van der Waals surface area (Å²) >= 11 is 0. The summed E-state index contributed by atoms with van der Waals surface area (Å²) in [6.45, 7) is 5.73. The van der Waals surface area contributed by atoms with E-state index in [1.165, 1.54) is 4.90 Å². The number of unbranched alkanes of at least 4 members (excludes halogenated alkanes) is 5. The molecule has 2 aromatic carbocycles. The van der Waals surface area contributed by atoms with Crippen molar-refractivity contribution in [2.24, 2.45) is 0 Å². The molecule has 48 heavy (non-hydrogen) atoms. The van der Waals surface area contributed by atoms with E-state index in [1.54, 1.807) is 39.0 Å². The van der Waals surface area contributed by atoms with E-state index in [0.29, 0.717) is 42.7 Å². The topological polar surface area (TPSA) is 97.3 Å². The Hall–Kier alpha value is -3.68. The molecule has 1 fully saturated rings. The minimum atomic E-state index is -5.97. The third-order valence-electron chi connectivity index (χ3n) is 8.77. The average molecular weight is 689 g/mol. The van der Waals surface area contributed by atoms with Gasteiger partial charge in [-0.1, -0.05) is 58.4 Å². The van der Waals surface area contributed by atoms with Gasteiger partial charge >= 0.3 is 18.4 Å². The fourth-order valence-electron chi connectivity index (χ4n) is 6.10. The fourth-order valence-corrected chi connectivity index (χ4v) is 6.10. The Labute approximate surface area is 275 Å². The molecule has 0 aromatic heterocycles. The van der Waals surface area contributed by atoms with Gasteiger partial charge in [-0.2, -0.15) is 26.3 Å². The molecule has 14 heteroatoms. The Balaban J connectivity index is 1.27. The number of urea groups is 1. The zero-order chi connectivity index (χ0) is 35.3. The van der Waals surface area contributed by atoms with E-state index in [0.717, 1.165) is 37.8 Å². The summed E-state index contributed by atoms with van der Waals surface area (Å²) in [6.07, 6.45) is -6.28. The zero-order valence-corrected chi connectivity index (χ0v) is 27.3. The van der Waals surface area contributed by atoms with Crippen molar-refractivity contribution in [1.29, 1.82) is 0 Å². The van der Waals surface area contributed by atoms with Crippen LogP contribution in [0.15, 0.2) is 30.3 Å². The first-order chi connectivity index (χ1) is 22.6. The molecule has 2 aliphatic heterocycles. The maximum atomic E-state index is 13.6. The van der Waals surface area contributed by atoms with Crippen LogP contribution in [-0.4, -0.2) is 54.2 Å². The first-order valence-corrected chi connectivity index (χ1v) is 16.3. The van der Waals surface area contributed by atoms with Gasteiger partial charge in [0.25, 0.3) is 11.5 Å². The molecular formula is C34H42F6N2O6. The van der Waals surface area contributed by atoms with Gasteiger partial charge in [-0.3, -0.25) is 9.69 Å². The first kappa shape index (κ1) is 37.1. The van der Waals surface area contributed by atoms with Crippen molar-refractivity contribution in [1.82, 2.24) is 10.2 Å². The van der Waals surface area contributed by atoms with Crippen LogP contribution in [0.4, 0.5) is 31.1 Å². The largest absolute Gasteiger partial charge is 0.493 e. The van der Waals surface area contributed by atoms with Crippen molar-refractivity contribution in [3.8, 4) is 17.2 Å². The highest BCUT2D eigenvalue weighted by atomic mass is 19.4. The number of benzene rings is 2. The van der Waals surface area contributed by atoms with Crippen LogP contribution in [-0.2, 0) is 28.8 Å². The number of aliphatic hydroxyl groups is 1. The molecule has 1 saturated heterocycles. The van der Waals surface area contributed by atoms with Crippen LogP contribution in [0.25, 0.3) is 0 Å². The summed E-state index contributed by atoms with van der Waals surface area (Å²) < 4.78 is 98.4. The number of aryl methyl sites for hydroxylation is 2. The molecule has 0 bridgehead atoms. The molecule has 2 N–H and O–H groups in total. The van der Waals surface area contributed by atoms with E-state index < -0.39 is 35.1 Å². The highest BCUT2D eigenvalue weighted by Gasteiger charge is 2.71. The summed E-state index contributed by atoms with van der Waals surface area (Å²) in [5, 5.41) is 12.8. The highest BCUT2D eigenvalue weighted by Crippen LogP contribution is 2.51. The Kier molecular flexibility index (Phi) is 11.5. The number of fused-ring (bicyclic) bond motifs is 1. The number of carbonyl (C=O) groups excluding carboxylic acids is 2. The van der Waals surface area contributed by atoms with E-state index in [4.69, 9.17) is 14.2 Å². The predicted octanol–water partition coefficient (Wildman–Crippen LogP) is 7.82. The molecule has 1 atom stereocenters. The second-order valence-electron chi connectivity index (χ2n) is 12.4. The summed E-state index contributed by atoms with van der Waals surface area (Å²) in [5.74, 6) is 1.02. The summed E-state index contributed by atoms with van der Waals surface area (Å²) in [4.78, 5) is 27.1. The SMILES string of the molecule is CCCc1cc(C(O)(C(F)(F)F)C(F)(F)F)cc(CCC)c1OCCCCCCCCN1C(=O)NC(C)(c2ccc3c(c2)OCO3)C1=O. The van der Waals surface area contributed by atoms with Crippen LogP contribution in [0.3, 0.4) is 0 Å². The van der Waals surface area contributed by atoms with Crippen molar-refractivity contribution >= 4 is 11.9 Å². The number of ether oxygens (including phenoxy) is 3. The highest BCUT2D eigenvalue weighted by molar-refractivity contribution is 6.07. The molecule has 1 unspecified atom stereocenters. The third kappa shape index (κ3) is 7.47. The number of nitrogens with zero attached hydrogens (tertiary/aromatic N) is 1. The Morgan fingerprint density at radius 1 is 0.854 bits per heavy atom. The minimum Gasteiger partial charge on any atom is -0.493 e. The Morgan fingerprint density at radius 3 is 2.00 bits per heavy atom. The number of carbonyl (C=O) groups is 2. The van der Waals surface area contributed by atoms with Gasteiger partial charge in [0.2, 0.25) is 6.79 Å². The molecule has 2 aliphatic rings. The molecule has 0 saturated carbocycles. The zero-order valence-electron chi connectivity index (χ0n) is 27.3. The average Bonchev–Trinajstić information content (AvgIpc) is 3.57. The third-order valence-corrected chi connectivity index (χ3v) is 8.77. The number of rotatable bonds is 16. The molecule has 4 rings (SSSR count). The van der Waals surface area contributed by atoms with Gasteiger partial charge in [0, 0.05) is 12.1 Å². The van der Waals surface area contributed by atoms with E-state index >= 15 is 0 Å². The van der Waals surface area contributed by atoms with Crippen molar-refractivity contribution in [2.75, 3.05) is 19.9 Å². The molecule has 0 radical (unpaired) electrons. The van der Waals surface area contributed by atoms with Crippen molar-refractivity contribution < 1.29 is 55.2 Å². The monoisotopic (exact) mass is 688 g/mol. The quantitative estimate of drug-likeness (QED) is 0.106. The van der Waals surface area contributed by atoms with Crippen LogP contribution in [0, 0.1) is 0 Å². The summed E-state index contributed by atoms with van der Waals surface area (Å²) in [6, 6.07) is 6.20. The molecule has 3 amide bonds. The second-order valence-corrected chi connectivity index (χ2v) is 12.4. The van der Waals surface area contributed by atoms with Crippen LogP contribution >= 0.6 is 0 Å². The molecule has 0 spiro atoms. The molecule has 266 valence electrons. The number of halogens is 6. The smallest absolute Gasteiger partial charge is 0.430 e. The van der Waals surface area contributed by atoms with Crippen LogP contribution in [0.2, 0.25) is 0 Å². The molecule has 8 nitrogen and oxygen atoms in total. The molecule has 0 aliphatic carbocycles.